The summed E-state index contributed by atoms with van der Waals surface area (Å²) in [6, 6.07) is 10.8. The van der Waals surface area contributed by atoms with Crippen LogP contribution in [0.5, 0.6) is 0 Å². The SMILES string of the molecule is CCC(N)C(c1cccc(Br)c1)N(C)C(C)CC#N. The molecule has 0 aliphatic heterocycles. The molecule has 3 unspecified atom stereocenters. The van der Waals surface area contributed by atoms with E-state index in [0.29, 0.717) is 6.42 Å². The fourth-order valence-corrected chi connectivity index (χ4v) is 2.67. The molecule has 0 fully saturated rings. The van der Waals surface area contributed by atoms with Crippen LogP contribution in [0, 0.1) is 11.3 Å². The van der Waals surface area contributed by atoms with Gasteiger partial charge >= 0.3 is 0 Å². The molecule has 0 aliphatic rings. The number of nitrogens with two attached hydrogens (primary N) is 1. The Balaban J connectivity index is 3.05. The molecule has 104 valence electrons. The van der Waals surface area contributed by atoms with Gasteiger partial charge in [-0.15, -0.1) is 0 Å². The van der Waals surface area contributed by atoms with E-state index < -0.39 is 0 Å². The summed E-state index contributed by atoms with van der Waals surface area (Å²) in [5, 5.41) is 8.86. The fraction of sp³-hybridized carbons (Fsp3) is 0.533. The highest BCUT2D eigenvalue weighted by atomic mass is 79.9. The molecule has 2 N–H and O–H groups in total. The lowest BCUT2D eigenvalue weighted by atomic mass is 9.95. The van der Waals surface area contributed by atoms with Gasteiger partial charge in [-0.25, -0.2) is 0 Å². The predicted octanol–water partition coefficient (Wildman–Crippen LogP) is 3.46. The van der Waals surface area contributed by atoms with Crippen LogP contribution in [0.15, 0.2) is 28.7 Å². The van der Waals surface area contributed by atoms with Crippen molar-refractivity contribution in [3.63, 3.8) is 0 Å². The molecule has 0 heterocycles. The topological polar surface area (TPSA) is 53.0 Å². The van der Waals surface area contributed by atoms with Crippen LogP contribution in [0.25, 0.3) is 0 Å². The zero-order valence-electron chi connectivity index (χ0n) is 11.8. The maximum Gasteiger partial charge on any atom is 0.0638 e. The Morgan fingerprint density at radius 2 is 2.16 bits per heavy atom. The first-order valence-corrected chi connectivity index (χ1v) is 7.40. The van der Waals surface area contributed by atoms with Crippen molar-refractivity contribution in [1.82, 2.24) is 4.90 Å². The van der Waals surface area contributed by atoms with Gasteiger partial charge in [-0.05, 0) is 38.1 Å². The van der Waals surface area contributed by atoms with Gasteiger partial charge in [0, 0.05) is 22.6 Å². The molecule has 4 heteroatoms. The number of halogens is 1. The summed E-state index contributed by atoms with van der Waals surface area (Å²) in [6.07, 6.45) is 1.41. The summed E-state index contributed by atoms with van der Waals surface area (Å²) >= 11 is 3.51. The molecule has 3 atom stereocenters. The Hall–Kier alpha value is -0.890. The minimum atomic E-state index is 0.0560. The Morgan fingerprint density at radius 3 is 2.68 bits per heavy atom. The summed E-state index contributed by atoms with van der Waals surface area (Å²) < 4.78 is 1.06. The average Bonchev–Trinajstić information content (AvgIpc) is 2.39. The number of nitriles is 1. The van der Waals surface area contributed by atoms with Gasteiger partial charge in [0.25, 0.3) is 0 Å². The number of hydrogen-bond donors (Lipinski definition) is 1. The largest absolute Gasteiger partial charge is 0.326 e. The third-order valence-electron chi connectivity index (χ3n) is 3.59. The van der Waals surface area contributed by atoms with Gasteiger partial charge in [0.05, 0.1) is 12.5 Å². The zero-order valence-corrected chi connectivity index (χ0v) is 13.4. The average molecular weight is 324 g/mol. The summed E-state index contributed by atoms with van der Waals surface area (Å²) in [5.74, 6) is 0. The second-order valence-corrected chi connectivity index (χ2v) is 5.86. The minimum Gasteiger partial charge on any atom is -0.326 e. The standard InChI is InChI=1S/C15H22BrN3/c1-4-14(18)15(19(3)11(2)8-9-17)12-6-5-7-13(16)10-12/h5-7,10-11,14-15H,4,8,18H2,1-3H3. The molecule has 1 aromatic rings. The third kappa shape index (κ3) is 4.31. The van der Waals surface area contributed by atoms with Crippen LogP contribution in [0.4, 0.5) is 0 Å². The van der Waals surface area contributed by atoms with Crippen molar-refractivity contribution in [2.75, 3.05) is 7.05 Å². The summed E-state index contributed by atoms with van der Waals surface area (Å²) in [6.45, 7) is 4.16. The third-order valence-corrected chi connectivity index (χ3v) is 4.08. The van der Waals surface area contributed by atoms with Crippen molar-refractivity contribution < 1.29 is 0 Å². The van der Waals surface area contributed by atoms with Gasteiger partial charge in [-0.2, -0.15) is 5.26 Å². The molecule has 0 saturated heterocycles. The predicted molar refractivity (Wildman–Crippen MR) is 82.6 cm³/mol. The van der Waals surface area contributed by atoms with Crippen molar-refractivity contribution in [2.24, 2.45) is 5.73 Å². The van der Waals surface area contributed by atoms with E-state index in [1.54, 1.807) is 0 Å². The molecule has 0 aliphatic carbocycles. The van der Waals surface area contributed by atoms with Crippen LogP contribution in [-0.4, -0.2) is 24.0 Å². The summed E-state index contributed by atoms with van der Waals surface area (Å²) in [4.78, 5) is 2.21. The van der Waals surface area contributed by atoms with Gasteiger partial charge in [-0.3, -0.25) is 4.90 Å². The van der Waals surface area contributed by atoms with Crippen molar-refractivity contribution >= 4 is 15.9 Å². The molecule has 0 saturated carbocycles. The molecule has 0 amide bonds. The lowest BCUT2D eigenvalue weighted by molar-refractivity contribution is 0.160. The quantitative estimate of drug-likeness (QED) is 0.872. The first-order chi connectivity index (χ1) is 9.01. The van der Waals surface area contributed by atoms with Crippen LogP contribution in [0.2, 0.25) is 0 Å². The smallest absolute Gasteiger partial charge is 0.0638 e. The Labute approximate surface area is 124 Å². The van der Waals surface area contributed by atoms with Crippen LogP contribution in [-0.2, 0) is 0 Å². The second-order valence-electron chi connectivity index (χ2n) is 4.95. The highest BCUT2D eigenvalue weighted by Crippen LogP contribution is 2.28. The Morgan fingerprint density at radius 1 is 1.47 bits per heavy atom. The highest BCUT2D eigenvalue weighted by Gasteiger charge is 2.26. The van der Waals surface area contributed by atoms with E-state index in [4.69, 9.17) is 11.0 Å². The molecular formula is C15H22BrN3. The molecule has 0 aromatic heterocycles. The van der Waals surface area contributed by atoms with Gasteiger partial charge in [-0.1, -0.05) is 35.0 Å². The van der Waals surface area contributed by atoms with Crippen molar-refractivity contribution in [3.05, 3.63) is 34.3 Å². The maximum atomic E-state index is 8.86. The zero-order chi connectivity index (χ0) is 14.4. The first kappa shape index (κ1) is 16.2. The van der Waals surface area contributed by atoms with Crippen LogP contribution in [0.3, 0.4) is 0 Å². The molecule has 0 radical (unpaired) electrons. The normalized spacial score (nSPS) is 15.8. The van der Waals surface area contributed by atoms with E-state index in [1.165, 1.54) is 5.56 Å². The first-order valence-electron chi connectivity index (χ1n) is 6.61. The van der Waals surface area contributed by atoms with E-state index >= 15 is 0 Å². The molecule has 0 spiro atoms. The number of hydrogen-bond acceptors (Lipinski definition) is 3. The van der Waals surface area contributed by atoms with E-state index in [2.05, 4.69) is 52.9 Å². The Bertz CT molecular complexity index is 441. The number of likely N-dealkylation sites (N-methyl/N-ethyl adjacent to an activating group) is 1. The van der Waals surface area contributed by atoms with Crippen LogP contribution >= 0.6 is 15.9 Å². The molecule has 19 heavy (non-hydrogen) atoms. The Kier molecular flexibility index (Phi) is 6.50. The molecule has 1 rings (SSSR count). The van der Waals surface area contributed by atoms with Crippen LogP contribution in [0.1, 0.15) is 38.3 Å². The number of benzene rings is 1. The van der Waals surface area contributed by atoms with E-state index in [0.717, 1.165) is 10.9 Å². The maximum absolute atomic E-state index is 8.86. The van der Waals surface area contributed by atoms with Gasteiger partial charge in [0.1, 0.15) is 0 Å². The summed E-state index contributed by atoms with van der Waals surface area (Å²) in [7, 11) is 2.04. The number of nitrogens with zero attached hydrogens (tertiary/aromatic N) is 2. The number of rotatable bonds is 6. The fourth-order valence-electron chi connectivity index (χ4n) is 2.25. The molecule has 3 nitrogen and oxygen atoms in total. The van der Waals surface area contributed by atoms with Crippen molar-refractivity contribution in [2.45, 2.75) is 44.8 Å². The molecule has 0 bridgehead atoms. The van der Waals surface area contributed by atoms with Gasteiger partial charge < -0.3 is 5.73 Å². The summed E-state index contributed by atoms with van der Waals surface area (Å²) in [5.41, 5.74) is 7.49. The van der Waals surface area contributed by atoms with Crippen molar-refractivity contribution in [1.29, 1.82) is 5.26 Å². The van der Waals surface area contributed by atoms with Crippen LogP contribution < -0.4 is 5.73 Å². The van der Waals surface area contributed by atoms with Crippen molar-refractivity contribution in [3.8, 4) is 6.07 Å². The molecular weight excluding hydrogens is 302 g/mol. The lowest BCUT2D eigenvalue weighted by Crippen LogP contribution is -2.42. The molecule has 1 aromatic carbocycles. The van der Waals surface area contributed by atoms with Gasteiger partial charge in [0.2, 0.25) is 0 Å². The van der Waals surface area contributed by atoms with E-state index in [1.807, 2.05) is 19.2 Å². The van der Waals surface area contributed by atoms with Gasteiger partial charge in [0.15, 0.2) is 0 Å². The lowest BCUT2D eigenvalue weighted by Gasteiger charge is -2.36. The minimum absolute atomic E-state index is 0.0560. The highest BCUT2D eigenvalue weighted by molar-refractivity contribution is 9.10. The monoisotopic (exact) mass is 323 g/mol. The van der Waals surface area contributed by atoms with E-state index in [9.17, 15) is 0 Å². The van der Waals surface area contributed by atoms with E-state index in [-0.39, 0.29) is 18.1 Å². The second kappa shape index (κ2) is 7.64.